The summed E-state index contributed by atoms with van der Waals surface area (Å²) in [6, 6.07) is 6.92. The van der Waals surface area contributed by atoms with Crippen molar-refractivity contribution in [3.8, 4) is 11.4 Å². The molecule has 2 aromatic rings. The van der Waals surface area contributed by atoms with Gasteiger partial charge in [-0.2, -0.15) is 4.31 Å². The molecule has 1 fully saturated rings. The number of nitrogens with zero attached hydrogens (tertiary/aromatic N) is 4. The predicted octanol–water partition coefficient (Wildman–Crippen LogP) is 2.77. The Labute approximate surface area is 147 Å². The number of aromatic nitrogens is 3. The van der Waals surface area contributed by atoms with E-state index in [4.69, 9.17) is 0 Å². The van der Waals surface area contributed by atoms with Crippen molar-refractivity contribution in [2.24, 2.45) is 7.05 Å². The second kappa shape index (κ2) is 6.85. The Morgan fingerprint density at radius 1 is 1.08 bits per heavy atom. The third-order valence-electron chi connectivity index (χ3n) is 3.99. The van der Waals surface area contributed by atoms with Gasteiger partial charge in [-0.1, -0.05) is 25.6 Å². The fourth-order valence-corrected chi connectivity index (χ4v) is 5.00. The van der Waals surface area contributed by atoms with Crippen LogP contribution in [0.2, 0.25) is 0 Å². The van der Waals surface area contributed by atoms with Crippen molar-refractivity contribution in [1.82, 2.24) is 19.1 Å². The summed E-state index contributed by atoms with van der Waals surface area (Å²) in [6.07, 6.45) is 1.87. The summed E-state index contributed by atoms with van der Waals surface area (Å²) >= 11 is 1.65. The van der Waals surface area contributed by atoms with Gasteiger partial charge >= 0.3 is 0 Å². The molecular weight excluding hydrogens is 344 g/mol. The average molecular weight is 367 g/mol. The van der Waals surface area contributed by atoms with Crippen molar-refractivity contribution in [2.75, 3.05) is 13.1 Å². The molecular formula is C16H22N4O2S2. The third-order valence-corrected chi connectivity index (χ3v) is 6.94. The molecule has 1 aromatic heterocycles. The zero-order chi connectivity index (χ0) is 17.3. The van der Waals surface area contributed by atoms with Gasteiger partial charge in [0.25, 0.3) is 0 Å². The maximum Gasteiger partial charge on any atom is 0.243 e. The first-order chi connectivity index (χ1) is 11.4. The number of sulfonamides is 1. The number of benzene rings is 1. The van der Waals surface area contributed by atoms with Crippen molar-refractivity contribution in [3.05, 3.63) is 24.3 Å². The van der Waals surface area contributed by atoms with E-state index in [0.717, 1.165) is 29.4 Å². The molecule has 3 rings (SSSR count). The molecule has 6 nitrogen and oxygen atoms in total. The molecule has 1 aromatic carbocycles. The van der Waals surface area contributed by atoms with Gasteiger partial charge in [-0.05, 0) is 37.1 Å². The molecule has 0 spiro atoms. The van der Waals surface area contributed by atoms with Crippen LogP contribution in [0.25, 0.3) is 11.4 Å². The summed E-state index contributed by atoms with van der Waals surface area (Å²) < 4.78 is 28.6. The van der Waals surface area contributed by atoms with E-state index in [1.165, 1.54) is 0 Å². The van der Waals surface area contributed by atoms with Crippen LogP contribution in [0.5, 0.6) is 0 Å². The Morgan fingerprint density at radius 2 is 1.71 bits per heavy atom. The van der Waals surface area contributed by atoms with Crippen molar-refractivity contribution in [2.45, 2.75) is 42.0 Å². The van der Waals surface area contributed by atoms with Gasteiger partial charge < -0.3 is 4.57 Å². The fraction of sp³-hybridized carbons (Fsp3) is 0.500. The van der Waals surface area contributed by atoms with Crippen LogP contribution >= 0.6 is 11.8 Å². The molecule has 0 atom stereocenters. The van der Waals surface area contributed by atoms with Crippen molar-refractivity contribution in [3.63, 3.8) is 0 Å². The fourth-order valence-electron chi connectivity index (χ4n) is 2.73. The molecule has 1 aliphatic heterocycles. The number of hydrogen-bond donors (Lipinski definition) is 0. The highest BCUT2D eigenvalue weighted by atomic mass is 32.2. The molecule has 0 N–H and O–H groups in total. The SMILES string of the molecule is CC(C)Sc1nnc(-c2ccc(S(=O)(=O)N3CCCC3)cc2)n1C. The van der Waals surface area contributed by atoms with E-state index < -0.39 is 10.0 Å². The van der Waals surface area contributed by atoms with Crippen LogP contribution in [0.4, 0.5) is 0 Å². The lowest BCUT2D eigenvalue weighted by atomic mass is 10.2. The zero-order valence-electron chi connectivity index (χ0n) is 14.1. The summed E-state index contributed by atoms with van der Waals surface area (Å²) in [5.41, 5.74) is 0.862. The van der Waals surface area contributed by atoms with Crippen LogP contribution < -0.4 is 0 Å². The highest BCUT2D eigenvalue weighted by Crippen LogP contribution is 2.27. The number of thioether (sulfide) groups is 1. The van der Waals surface area contributed by atoms with Crippen LogP contribution in [0, 0.1) is 0 Å². The topological polar surface area (TPSA) is 68.1 Å². The summed E-state index contributed by atoms with van der Waals surface area (Å²) in [5.74, 6) is 0.739. The van der Waals surface area contributed by atoms with Crippen LogP contribution in [0.15, 0.2) is 34.3 Å². The molecule has 0 radical (unpaired) electrons. The first-order valence-electron chi connectivity index (χ1n) is 8.06. The van der Waals surface area contributed by atoms with E-state index in [0.29, 0.717) is 23.2 Å². The van der Waals surface area contributed by atoms with Gasteiger partial charge in [0.2, 0.25) is 10.0 Å². The minimum atomic E-state index is -3.37. The lowest BCUT2D eigenvalue weighted by molar-refractivity contribution is 0.477. The van der Waals surface area contributed by atoms with Crippen LogP contribution in [-0.2, 0) is 17.1 Å². The first-order valence-corrected chi connectivity index (χ1v) is 10.4. The van der Waals surface area contributed by atoms with Crippen molar-refractivity contribution in [1.29, 1.82) is 0 Å². The molecule has 0 unspecified atom stereocenters. The summed E-state index contributed by atoms with van der Waals surface area (Å²) in [4.78, 5) is 0.340. The van der Waals surface area contributed by atoms with Gasteiger partial charge in [0, 0.05) is 31.0 Å². The Morgan fingerprint density at radius 3 is 2.29 bits per heavy atom. The zero-order valence-corrected chi connectivity index (χ0v) is 15.8. The van der Waals surface area contributed by atoms with Crippen molar-refractivity contribution < 1.29 is 8.42 Å². The lowest BCUT2D eigenvalue weighted by Gasteiger charge is -2.15. The van der Waals surface area contributed by atoms with Gasteiger partial charge in [0.05, 0.1) is 4.90 Å². The van der Waals surface area contributed by atoms with Gasteiger partial charge in [0.1, 0.15) is 0 Å². The molecule has 0 saturated carbocycles. The maximum absolute atomic E-state index is 12.6. The van der Waals surface area contributed by atoms with E-state index in [1.54, 1.807) is 40.3 Å². The predicted molar refractivity (Wildman–Crippen MR) is 95.4 cm³/mol. The molecule has 0 bridgehead atoms. The molecule has 24 heavy (non-hydrogen) atoms. The summed E-state index contributed by atoms with van der Waals surface area (Å²) in [6.45, 7) is 5.44. The summed E-state index contributed by atoms with van der Waals surface area (Å²) in [5, 5.41) is 9.74. The number of hydrogen-bond acceptors (Lipinski definition) is 5. The molecule has 0 aliphatic carbocycles. The van der Waals surface area contributed by atoms with Gasteiger partial charge in [-0.25, -0.2) is 8.42 Å². The van der Waals surface area contributed by atoms with Crippen LogP contribution in [0.3, 0.4) is 0 Å². The van der Waals surface area contributed by atoms with Crippen LogP contribution in [0.1, 0.15) is 26.7 Å². The second-order valence-corrected chi connectivity index (χ2v) is 9.65. The first kappa shape index (κ1) is 17.4. The highest BCUT2D eigenvalue weighted by molar-refractivity contribution is 7.99. The largest absolute Gasteiger partial charge is 0.305 e. The quantitative estimate of drug-likeness (QED) is 0.761. The smallest absolute Gasteiger partial charge is 0.243 e. The summed E-state index contributed by atoms with van der Waals surface area (Å²) in [7, 11) is -1.45. The average Bonchev–Trinajstić information content (AvgIpc) is 3.19. The maximum atomic E-state index is 12.6. The van der Waals surface area contributed by atoms with E-state index in [2.05, 4.69) is 24.0 Å². The van der Waals surface area contributed by atoms with E-state index in [-0.39, 0.29) is 0 Å². The molecule has 0 amide bonds. The monoisotopic (exact) mass is 366 g/mol. The van der Waals surface area contributed by atoms with Crippen LogP contribution in [-0.4, -0.2) is 45.8 Å². The Balaban J connectivity index is 1.86. The van der Waals surface area contributed by atoms with E-state index in [1.807, 2.05) is 11.6 Å². The molecule has 1 aliphatic rings. The minimum Gasteiger partial charge on any atom is -0.305 e. The third kappa shape index (κ3) is 3.36. The minimum absolute atomic E-state index is 0.340. The molecule has 130 valence electrons. The van der Waals surface area contributed by atoms with E-state index in [9.17, 15) is 8.42 Å². The molecule has 8 heteroatoms. The molecule has 1 saturated heterocycles. The number of rotatable bonds is 5. The van der Waals surface area contributed by atoms with Gasteiger partial charge in [-0.15, -0.1) is 10.2 Å². The second-order valence-electron chi connectivity index (χ2n) is 6.17. The highest BCUT2D eigenvalue weighted by Gasteiger charge is 2.27. The lowest BCUT2D eigenvalue weighted by Crippen LogP contribution is -2.27. The van der Waals surface area contributed by atoms with Gasteiger partial charge in [0.15, 0.2) is 11.0 Å². The van der Waals surface area contributed by atoms with Gasteiger partial charge in [-0.3, -0.25) is 0 Å². The van der Waals surface area contributed by atoms with E-state index >= 15 is 0 Å². The van der Waals surface area contributed by atoms with Crippen molar-refractivity contribution >= 4 is 21.8 Å². The Bertz CT molecular complexity index is 807. The Kier molecular flexibility index (Phi) is 4.98. The normalized spacial score (nSPS) is 16.2. The standard InChI is InChI=1S/C16H22N4O2S2/c1-12(2)23-16-18-17-15(19(16)3)13-6-8-14(9-7-13)24(21,22)20-10-4-5-11-20/h6-9,12H,4-5,10-11H2,1-3H3. The Hall–Kier alpha value is -1.38. The molecule has 2 heterocycles.